The zero-order valence-corrected chi connectivity index (χ0v) is 9.99. The summed E-state index contributed by atoms with van der Waals surface area (Å²) in [5, 5.41) is 27.0. The molecule has 0 saturated carbocycles. The van der Waals surface area contributed by atoms with Gasteiger partial charge in [0, 0.05) is 13.1 Å². The molecule has 0 spiro atoms. The highest BCUT2D eigenvalue weighted by Gasteiger charge is 2.15. The lowest BCUT2D eigenvalue weighted by Crippen LogP contribution is -2.36. The molecular weight excluding hydrogens is 236 g/mol. The average Bonchev–Trinajstić information content (AvgIpc) is 2.34. The normalized spacial score (nSPS) is 12.1. The van der Waals surface area contributed by atoms with Crippen LogP contribution in [-0.2, 0) is 4.79 Å². The minimum absolute atomic E-state index is 0.0630. The second kappa shape index (κ2) is 6.83. The molecule has 0 fully saturated rings. The summed E-state index contributed by atoms with van der Waals surface area (Å²) >= 11 is 0. The van der Waals surface area contributed by atoms with Crippen LogP contribution >= 0.6 is 0 Å². The maximum absolute atomic E-state index is 10.6. The molecule has 6 heteroatoms. The molecule has 1 unspecified atom stereocenters. The summed E-state index contributed by atoms with van der Waals surface area (Å²) in [6.07, 6.45) is -0.995. The van der Waals surface area contributed by atoms with E-state index in [0.29, 0.717) is 11.4 Å². The number of benzene rings is 1. The Morgan fingerprint density at radius 2 is 2.06 bits per heavy atom. The smallest absolute Gasteiger partial charge is 0.305 e. The Labute approximate surface area is 105 Å². The van der Waals surface area contributed by atoms with Gasteiger partial charge in [-0.2, -0.15) is 0 Å². The van der Waals surface area contributed by atoms with Crippen LogP contribution in [0.5, 0.6) is 0 Å². The number of nitrogen functional groups attached to an aromatic ring is 1. The average molecular weight is 254 g/mol. The first-order valence-electron chi connectivity index (χ1n) is 5.64. The molecule has 0 bridgehead atoms. The minimum atomic E-state index is -0.932. The Morgan fingerprint density at radius 3 is 2.61 bits per heavy atom. The van der Waals surface area contributed by atoms with Gasteiger partial charge >= 0.3 is 5.97 Å². The van der Waals surface area contributed by atoms with Crippen LogP contribution < -0.4 is 10.6 Å². The lowest BCUT2D eigenvalue weighted by atomic mass is 10.2. The van der Waals surface area contributed by atoms with Crippen molar-refractivity contribution >= 4 is 17.3 Å². The third-order valence-corrected chi connectivity index (χ3v) is 2.51. The van der Waals surface area contributed by atoms with Gasteiger partial charge in [-0.3, -0.25) is 4.79 Å². The molecule has 100 valence electrons. The van der Waals surface area contributed by atoms with Gasteiger partial charge in [-0.1, -0.05) is 12.1 Å². The van der Waals surface area contributed by atoms with E-state index in [2.05, 4.69) is 0 Å². The summed E-state index contributed by atoms with van der Waals surface area (Å²) in [6.45, 7) is -0.0189. The van der Waals surface area contributed by atoms with Gasteiger partial charge in [-0.15, -0.1) is 0 Å². The number of aliphatic hydroxyl groups is 2. The molecule has 0 aliphatic heterocycles. The topological polar surface area (TPSA) is 107 Å². The van der Waals surface area contributed by atoms with Crippen molar-refractivity contribution in [1.29, 1.82) is 0 Å². The SMILES string of the molecule is Nc1ccccc1N(CCC(=O)O)CC(O)CO. The maximum atomic E-state index is 10.6. The molecule has 0 aliphatic carbocycles. The molecule has 6 nitrogen and oxygen atoms in total. The number of aliphatic hydroxyl groups excluding tert-OH is 2. The van der Waals surface area contributed by atoms with Crippen molar-refractivity contribution in [2.24, 2.45) is 0 Å². The van der Waals surface area contributed by atoms with Crippen LogP contribution in [0.2, 0.25) is 0 Å². The van der Waals surface area contributed by atoms with Gasteiger partial charge < -0.3 is 26.0 Å². The van der Waals surface area contributed by atoms with Gasteiger partial charge in [0.15, 0.2) is 0 Å². The van der Waals surface area contributed by atoms with E-state index < -0.39 is 12.1 Å². The number of hydrogen-bond donors (Lipinski definition) is 4. The third kappa shape index (κ3) is 4.23. The Hall–Kier alpha value is -1.79. The Morgan fingerprint density at radius 1 is 1.39 bits per heavy atom. The number of carbonyl (C=O) groups is 1. The fourth-order valence-corrected chi connectivity index (χ4v) is 1.63. The summed E-state index contributed by atoms with van der Waals surface area (Å²) in [4.78, 5) is 12.3. The number of aliphatic carboxylic acids is 1. The molecule has 1 atom stereocenters. The molecule has 1 rings (SSSR count). The summed E-state index contributed by atoms with van der Waals surface area (Å²) in [7, 11) is 0. The lowest BCUT2D eigenvalue weighted by Gasteiger charge is -2.27. The van der Waals surface area contributed by atoms with E-state index in [1.165, 1.54) is 0 Å². The first kappa shape index (κ1) is 14.3. The number of nitrogens with two attached hydrogens (primary N) is 1. The molecule has 5 N–H and O–H groups in total. The zero-order chi connectivity index (χ0) is 13.5. The number of hydrogen-bond acceptors (Lipinski definition) is 5. The predicted molar refractivity (Wildman–Crippen MR) is 68.4 cm³/mol. The maximum Gasteiger partial charge on any atom is 0.305 e. The van der Waals surface area contributed by atoms with Crippen molar-refractivity contribution in [2.45, 2.75) is 12.5 Å². The van der Waals surface area contributed by atoms with Crippen molar-refractivity contribution in [3.05, 3.63) is 24.3 Å². The van der Waals surface area contributed by atoms with Gasteiger partial charge in [0.05, 0.1) is 30.5 Å². The van der Waals surface area contributed by atoms with Crippen LogP contribution in [0.25, 0.3) is 0 Å². The van der Waals surface area contributed by atoms with E-state index >= 15 is 0 Å². The van der Waals surface area contributed by atoms with Gasteiger partial charge in [-0.05, 0) is 12.1 Å². The largest absolute Gasteiger partial charge is 0.481 e. The van der Waals surface area contributed by atoms with Crippen LogP contribution in [0.1, 0.15) is 6.42 Å². The van der Waals surface area contributed by atoms with E-state index in [1.54, 1.807) is 29.2 Å². The van der Waals surface area contributed by atoms with Crippen LogP contribution in [0.15, 0.2) is 24.3 Å². The Bertz CT molecular complexity index is 397. The fraction of sp³-hybridized carbons (Fsp3) is 0.417. The quantitative estimate of drug-likeness (QED) is 0.506. The van der Waals surface area contributed by atoms with Crippen LogP contribution in [0.3, 0.4) is 0 Å². The van der Waals surface area contributed by atoms with Crippen LogP contribution in [0.4, 0.5) is 11.4 Å². The van der Waals surface area contributed by atoms with Crippen molar-refractivity contribution in [1.82, 2.24) is 0 Å². The molecule has 0 heterocycles. The molecule has 0 saturated heterocycles. The van der Waals surface area contributed by atoms with Crippen molar-refractivity contribution in [3.8, 4) is 0 Å². The molecular formula is C12H18N2O4. The molecule has 0 aliphatic rings. The second-order valence-corrected chi connectivity index (χ2v) is 3.98. The highest BCUT2D eigenvalue weighted by atomic mass is 16.4. The van der Waals surface area contributed by atoms with Crippen molar-refractivity contribution in [2.75, 3.05) is 30.3 Å². The van der Waals surface area contributed by atoms with E-state index in [-0.39, 0.29) is 26.1 Å². The lowest BCUT2D eigenvalue weighted by molar-refractivity contribution is -0.136. The van der Waals surface area contributed by atoms with Crippen molar-refractivity contribution in [3.63, 3.8) is 0 Å². The molecule has 0 radical (unpaired) electrons. The monoisotopic (exact) mass is 254 g/mol. The number of carboxylic acid groups (broad SMARTS) is 1. The summed E-state index contributed by atoms with van der Waals surface area (Å²) in [5.41, 5.74) is 6.98. The highest BCUT2D eigenvalue weighted by Crippen LogP contribution is 2.22. The third-order valence-electron chi connectivity index (χ3n) is 2.51. The van der Waals surface area contributed by atoms with Crippen LogP contribution in [0, 0.1) is 0 Å². The standard InChI is InChI=1S/C12H18N2O4/c13-10-3-1-2-4-11(10)14(6-5-12(17)18)7-9(16)8-15/h1-4,9,15-16H,5-8,13H2,(H,17,18). The van der Waals surface area contributed by atoms with E-state index in [0.717, 1.165) is 0 Å². The van der Waals surface area contributed by atoms with E-state index in [4.69, 9.17) is 15.9 Å². The summed E-state index contributed by atoms with van der Waals surface area (Å²) in [6, 6.07) is 7.01. The molecule has 1 aromatic carbocycles. The minimum Gasteiger partial charge on any atom is -0.481 e. The number of anilines is 2. The molecule has 18 heavy (non-hydrogen) atoms. The first-order chi connectivity index (χ1) is 8.54. The number of para-hydroxylation sites is 2. The van der Waals surface area contributed by atoms with E-state index in [9.17, 15) is 9.90 Å². The fourth-order valence-electron chi connectivity index (χ4n) is 1.63. The molecule has 1 aromatic rings. The highest BCUT2D eigenvalue weighted by molar-refractivity contribution is 5.70. The number of carboxylic acids is 1. The number of nitrogens with zero attached hydrogens (tertiary/aromatic N) is 1. The Kier molecular flexibility index (Phi) is 5.41. The van der Waals surface area contributed by atoms with Gasteiger partial charge in [0.2, 0.25) is 0 Å². The van der Waals surface area contributed by atoms with Crippen LogP contribution in [-0.4, -0.2) is 47.1 Å². The van der Waals surface area contributed by atoms with Gasteiger partial charge in [-0.25, -0.2) is 0 Å². The summed E-state index contributed by atoms with van der Waals surface area (Å²) < 4.78 is 0. The van der Waals surface area contributed by atoms with Crippen molar-refractivity contribution < 1.29 is 20.1 Å². The first-order valence-corrected chi connectivity index (χ1v) is 5.64. The number of rotatable bonds is 7. The Balaban J connectivity index is 2.82. The second-order valence-electron chi connectivity index (χ2n) is 3.98. The zero-order valence-electron chi connectivity index (χ0n) is 9.99. The molecule has 0 amide bonds. The predicted octanol–water partition coefficient (Wildman–Crippen LogP) is -0.0969. The van der Waals surface area contributed by atoms with Gasteiger partial charge in [0.1, 0.15) is 0 Å². The van der Waals surface area contributed by atoms with Gasteiger partial charge in [0.25, 0.3) is 0 Å². The summed E-state index contributed by atoms with van der Waals surface area (Å²) in [5.74, 6) is -0.923. The molecule has 0 aromatic heterocycles. The van der Waals surface area contributed by atoms with E-state index in [1.807, 2.05) is 0 Å².